The van der Waals surface area contributed by atoms with E-state index >= 15 is 0 Å². The molecule has 3 aromatic carbocycles. The molecule has 0 atom stereocenters. The summed E-state index contributed by atoms with van der Waals surface area (Å²) in [7, 11) is 0. The van der Waals surface area contributed by atoms with Crippen LogP contribution >= 0.6 is 15.9 Å². The van der Waals surface area contributed by atoms with Crippen molar-refractivity contribution in [3.8, 4) is 11.1 Å². The monoisotopic (exact) mass is 362 g/mol. The van der Waals surface area contributed by atoms with Crippen molar-refractivity contribution in [3.63, 3.8) is 0 Å². The maximum absolute atomic E-state index is 12.2. The molecule has 0 fully saturated rings. The van der Waals surface area contributed by atoms with Crippen molar-refractivity contribution in [2.45, 2.75) is 0 Å². The van der Waals surface area contributed by atoms with E-state index in [4.69, 9.17) is 0 Å². The topological polar surface area (TPSA) is 17.1 Å². The third-order valence-corrected chi connectivity index (χ3v) is 4.29. The molecule has 0 heterocycles. The summed E-state index contributed by atoms with van der Waals surface area (Å²) in [5.74, 6) is 0.00697. The van der Waals surface area contributed by atoms with Crippen LogP contribution < -0.4 is 0 Å². The highest BCUT2D eigenvalue weighted by Crippen LogP contribution is 2.31. The molecule has 23 heavy (non-hydrogen) atoms. The number of hydrogen-bond acceptors (Lipinski definition) is 1. The molecule has 0 unspecified atom stereocenters. The van der Waals surface area contributed by atoms with Crippen molar-refractivity contribution in [2.24, 2.45) is 0 Å². The van der Waals surface area contributed by atoms with Crippen LogP contribution in [0.4, 0.5) is 0 Å². The third kappa shape index (κ3) is 3.66. The summed E-state index contributed by atoms with van der Waals surface area (Å²) in [5.41, 5.74) is 3.92. The van der Waals surface area contributed by atoms with E-state index < -0.39 is 0 Å². The minimum Gasteiger partial charge on any atom is -0.289 e. The zero-order chi connectivity index (χ0) is 16.1. The van der Waals surface area contributed by atoms with Gasteiger partial charge in [0.1, 0.15) is 0 Å². The summed E-state index contributed by atoms with van der Waals surface area (Å²) in [4.78, 5) is 12.2. The largest absolute Gasteiger partial charge is 0.289 e. The Labute approximate surface area is 144 Å². The minimum atomic E-state index is 0.00697. The lowest BCUT2D eigenvalue weighted by atomic mass is 9.99. The van der Waals surface area contributed by atoms with Crippen LogP contribution in [-0.2, 0) is 0 Å². The van der Waals surface area contributed by atoms with Gasteiger partial charge in [0.05, 0.1) is 0 Å². The molecule has 0 aliphatic carbocycles. The van der Waals surface area contributed by atoms with Crippen LogP contribution in [-0.4, -0.2) is 5.78 Å². The molecular weight excluding hydrogens is 348 g/mol. The van der Waals surface area contributed by atoms with Gasteiger partial charge in [0.15, 0.2) is 5.78 Å². The molecular formula is C21H15BrO. The van der Waals surface area contributed by atoms with Gasteiger partial charge in [-0.05, 0) is 28.8 Å². The fourth-order valence-electron chi connectivity index (χ4n) is 2.43. The van der Waals surface area contributed by atoms with Gasteiger partial charge in [-0.15, -0.1) is 0 Å². The van der Waals surface area contributed by atoms with Crippen LogP contribution in [0.15, 0.2) is 89.4 Å². The van der Waals surface area contributed by atoms with Crippen LogP contribution in [0.25, 0.3) is 17.2 Å². The molecule has 0 aliphatic heterocycles. The van der Waals surface area contributed by atoms with Gasteiger partial charge in [-0.3, -0.25) is 4.79 Å². The Bertz CT molecular complexity index is 850. The summed E-state index contributed by atoms with van der Waals surface area (Å²) in [6.45, 7) is 0. The Hall–Kier alpha value is -2.45. The molecule has 3 rings (SSSR count). The predicted molar refractivity (Wildman–Crippen MR) is 99.4 cm³/mol. The Balaban J connectivity index is 1.94. The molecule has 0 aliphatic rings. The summed E-state index contributed by atoms with van der Waals surface area (Å²) in [6.07, 6.45) is 3.51. The second kappa shape index (κ2) is 7.21. The van der Waals surface area contributed by atoms with Gasteiger partial charge in [-0.1, -0.05) is 94.8 Å². The van der Waals surface area contributed by atoms with Gasteiger partial charge in [0.25, 0.3) is 0 Å². The zero-order valence-corrected chi connectivity index (χ0v) is 14.0. The number of carbonyl (C=O) groups excluding carboxylic acids is 1. The molecule has 3 aromatic rings. The number of rotatable bonds is 4. The zero-order valence-electron chi connectivity index (χ0n) is 12.4. The molecule has 0 amide bonds. The standard InChI is InChI=1S/C21H15BrO/c22-20-13-7-6-12-19(20)18-11-5-4-8-16(18)14-15-21(23)17-9-2-1-3-10-17/h1-15H. The van der Waals surface area contributed by atoms with Crippen molar-refractivity contribution < 1.29 is 4.79 Å². The van der Waals surface area contributed by atoms with Crippen LogP contribution in [0, 0.1) is 0 Å². The van der Waals surface area contributed by atoms with E-state index in [0.29, 0.717) is 5.56 Å². The second-order valence-corrected chi connectivity index (χ2v) is 5.99. The lowest BCUT2D eigenvalue weighted by Crippen LogP contribution is -1.93. The van der Waals surface area contributed by atoms with E-state index in [1.807, 2.05) is 72.8 Å². The summed E-state index contributed by atoms with van der Waals surface area (Å²) >= 11 is 3.59. The third-order valence-electron chi connectivity index (χ3n) is 3.60. The van der Waals surface area contributed by atoms with Crippen LogP contribution in [0.3, 0.4) is 0 Å². The molecule has 1 nitrogen and oxygen atoms in total. The second-order valence-electron chi connectivity index (χ2n) is 5.13. The average molecular weight is 363 g/mol. The van der Waals surface area contributed by atoms with Crippen LogP contribution in [0.1, 0.15) is 15.9 Å². The normalized spacial score (nSPS) is 10.8. The molecule has 0 aromatic heterocycles. The summed E-state index contributed by atoms with van der Waals surface area (Å²) in [5, 5.41) is 0. The Morgan fingerprint density at radius 3 is 2.09 bits per heavy atom. The highest BCUT2D eigenvalue weighted by molar-refractivity contribution is 9.10. The number of hydrogen-bond donors (Lipinski definition) is 0. The fraction of sp³-hybridized carbons (Fsp3) is 0. The van der Waals surface area contributed by atoms with Crippen molar-refractivity contribution >= 4 is 27.8 Å². The molecule has 2 heteroatoms. The van der Waals surface area contributed by atoms with Crippen molar-refractivity contribution in [1.29, 1.82) is 0 Å². The molecule has 0 saturated heterocycles. The van der Waals surface area contributed by atoms with E-state index in [1.165, 1.54) is 0 Å². The Morgan fingerprint density at radius 2 is 1.35 bits per heavy atom. The van der Waals surface area contributed by atoms with E-state index in [-0.39, 0.29) is 5.78 Å². The number of carbonyl (C=O) groups is 1. The predicted octanol–water partition coefficient (Wildman–Crippen LogP) is 6.01. The lowest BCUT2D eigenvalue weighted by molar-refractivity contribution is 0.104. The SMILES string of the molecule is O=C(C=Cc1ccccc1-c1ccccc1Br)c1ccccc1. The van der Waals surface area contributed by atoms with Crippen molar-refractivity contribution in [2.75, 3.05) is 0 Å². The fourth-order valence-corrected chi connectivity index (χ4v) is 2.93. The average Bonchev–Trinajstić information content (AvgIpc) is 2.61. The quantitative estimate of drug-likeness (QED) is 0.410. The molecule has 0 saturated carbocycles. The molecule has 0 N–H and O–H groups in total. The molecule has 0 spiro atoms. The number of halogens is 1. The number of ketones is 1. The minimum absolute atomic E-state index is 0.00697. The first-order valence-corrected chi connectivity index (χ1v) is 8.16. The first-order chi connectivity index (χ1) is 11.3. The smallest absolute Gasteiger partial charge is 0.185 e. The van der Waals surface area contributed by atoms with Crippen LogP contribution in [0.2, 0.25) is 0 Å². The Kier molecular flexibility index (Phi) is 4.84. The van der Waals surface area contributed by atoms with Crippen LogP contribution in [0.5, 0.6) is 0 Å². The van der Waals surface area contributed by atoms with E-state index in [2.05, 4.69) is 28.1 Å². The molecule has 0 radical (unpaired) electrons. The van der Waals surface area contributed by atoms with Gasteiger partial charge in [0, 0.05) is 10.0 Å². The summed E-state index contributed by atoms with van der Waals surface area (Å²) in [6, 6.07) is 25.4. The van der Waals surface area contributed by atoms with Crippen molar-refractivity contribution in [3.05, 3.63) is 101 Å². The maximum atomic E-state index is 12.2. The van der Waals surface area contributed by atoms with Gasteiger partial charge in [-0.2, -0.15) is 0 Å². The Morgan fingerprint density at radius 1 is 0.739 bits per heavy atom. The highest BCUT2D eigenvalue weighted by Gasteiger charge is 2.06. The van der Waals surface area contributed by atoms with Gasteiger partial charge in [-0.25, -0.2) is 0 Å². The van der Waals surface area contributed by atoms with E-state index in [1.54, 1.807) is 6.08 Å². The van der Waals surface area contributed by atoms with Gasteiger partial charge < -0.3 is 0 Å². The number of allylic oxidation sites excluding steroid dienone is 1. The van der Waals surface area contributed by atoms with E-state index in [9.17, 15) is 4.79 Å². The van der Waals surface area contributed by atoms with Gasteiger partial charge >= 0.3 is 0 Å². The van der Waals surface area contributed by atoms with Crippen molar-refractivity contribution in [1.82, 2.24) is 0 Å². The molecule has 112 valence electrons. The van der Waals surface area contributed by atoms with Gasteiger partial charge in [0.2, 0.25) is 0 Å². The highest BCUT2D eigenvalue weighted by atomic mass is 79.9. The number of benzene rings is 3. The first kappa shape index (κ1) is 15.4. The molecule has 0 bridgehead atoms. The summed E-state index contributed by atoms with van der Waals surface area (Å²) < 4.78 is 1.04. The van der Waals surface area contributed by atoms with E-state index in [0.717, 1.165) is 21.2 Å². The first-order valence-electron chi connectivity index (χ1n) is 7.37. The maximum Gasteiger partial charge on any atom is 0.185 e. The lowest BCUT2D eigenvalue weighted by Gasteiger charge is -2.08.